The molecule has 1 nitrogen and oxygen atoms in total. The molecular weight excluding hydrogens is 386 g/mol. The van der Waals surface area contributed by atoms with Gasteiger partial charge in [0.1, 0.15) is 0 Å². The van der Waals surface area contributed by atoms with E-state index in [2.05, 4.69) is 13.8 Å². The summed E-state index contributed by atoms with van der Waals surface area (Å²) in [6.07, 6.45) is 34.8. The van der Waals surface area contributed by atoms with Gasteiger partial charge in [-0.25, -0.2) is 0 Å². The molecule has 0 aliphatic heterocycles. The lowest BCUT2D eigenvalue weighted by molar-refractivity contribution is 0.352. The van der Waals surface area contributed by atoms with Crippen LogP contribution in [0, 0.1) is 23.7 Å². The number of rotatable bonds is 24. The molecule has 2 aliphatic carbocycles. The number of nitrogens with two attached hydrogens (primary N) is 1. The molecule has 2 aliphatic rings. The van der Waals surface area contributed by atoms with Crippen molar-refractivity contribution in [3.63, 3.8) is 0 Å². The lowest BCUT2D eigenvalue weighted by atomic mass is 9.89. The highest BCUT2D eigenvalue weighted by Crippen LogP contribution is 2.49. The Kier molecular flexibility index (Phi) is 16.1. The highest BCUT2D eigenvalue weighted by Gasteiger charge is 2.38. The second kappa shape index (κ2) is 18.3. The SMILES string of the molecule is CCCCCCCCCC(N)CCCCCCCC(CC1CC1)C[C@H]1C[C@H]1CCCCC. The molecule has 0 spiro atoms. The molecule has 0 aromatic heterocycles. The lowest BCUT2D eigenvalue weighted by Crippen LogP contribution is -2.19. The van der Waals surface area contributed by atoms with Gasteiger partial charge >= 0.3 is 0 Å². The fraction of sp³-hybridized carbons (Fsp3) is 1.00. The molecule has 2 rings (SSSR count). The number of hydrogen-bond acceptors (Lipinski definition) is 1. The van der Waals surface area contributed by atoms with Gasteiger partial charge in [0.2, 0.25) is 0 Å². The number of hydrogen-bond donors (Lipinski definition) is 1. The van der Waals surface area contributed by atoms with Gasteiger partial charge in [0.05, 0.1) is 0 Å². The van der Waals surface area contributed by atoms with Gasteiger partial charge in [0, 0.05) is 6.04 Å². The van der Waals surface area contributed by atoms with Crippen LogP contribution < -0.4 is 5.73 Å². The van der Waals surface area contributed by atoms with Crippen LogP contribution in [0.1, 0.15) is 168 Å². The van der Waals surface area contributed by atoms with Crippen LogP contribution in [-0.2, 0) is 0 Å². The highest BCUT2D eigenvalue weighted by molar-refractivity contribution is 4.89. The van der Waals surface area contributed by atoms with Crippen molar-refractivity contribution in [3.8, 4) is 0 Å². The van der Waals surface area contributed by atoms with Gasteiger partial charge in [0.25, 0.3) is 0 Å². The second-order valence-corrected chi connectivity index (χ2v) is 12.0. The molecule has 32 heavy (non-hydrogen) atoms. The van der Waals surface area contributed by atoms with Gasteiger partial charge in [-0.05, 0) is 55.8 Å². The Morgan fingerprint density at radius 1 is 0.594 bits per heavy atom. The van der Waals surface area contributed by atoms with Crippen LogP contribution in [-0.4, -0.2) is 6.04 Å². The molecule has 0 heterocycles. The Bertz CT molecular complexity index is 415. The molecule has 2 N–H and O–H groups in total. The van der Waals surface area contributed by atoms with Crippen molar-refractivity contribution in [2.45, 2.75) is 174 Å². The van der Waals surface area contributed by atoms with Crippen LogP contribution in [0.5, 0.6) is 0 Å². The monoisotopic (exact) mass is 447 g/mol. The Morgan fingerprint density at radius 3 is 1.72 bits per heavy atom. The van der Waals surface area contributed by atoms with E-state index < -0.39 is 0 Å². The first-order valence-electron chi connectivity index (χ1n) is 15.5. The van der Waals surface area contributed by atoms with Gasteiger partial charge in [-0.3, -0.25) is 0 Å². The first-order chi connectivity index (χ1) is 15.7. The smallest absolute Gasteiger partial charge is 0.00388 e. The molecule has 0 bridgehead atoms. The lowest BCUT2D eigenvalue weighted by Gasteiger charge is -2.17. The Morgan fingerprint density at radius 2 is 1.12 bits per heavy atom. The maximum absolute atomic E-state index is 6.37. The van der Waals surface area contributed by atoms with E-state index in [4.69, 9.17) is 5.73 Å². The third-order valence-corrected chi connectivity index (χ3v) is 8.61. The van der Waals surface area contributed by atoms with E-state index in [0.29, 0.717) is 6.04 Å². The zero-order chi connectivity index (χ0) is 22.9. The van der Waals surface area contributed by atoms with E-state index in [9.17, 15) is 0 Å². The Balaban J connectivity index is 1.40. The van der Waals surface area contributed by atoms with Gasteiger partial charge < -0.3 is 5.73 Å². The van der Waals surface area contributed by atoms with Gasteiger partial charge in [-0.1, -0.05) is 136 Å². The molecule has 2 saturated carbocycles. The fourth-order valence-corrected chi connectivity index (χ4v) is 6.07. The molecule has 2 unspecified atom stereocenters. The number of unbranched alkanes of at least 4 members (excludes halogenated alkanes) is 12. The van der Waals surface area contributed by atoms with Gasteiger partial charge in [-0.15, -0.1) is 0 Å². The molecular formula is C31H61N. The average molecular weight is 448 g/mol. The average Bonchev–Trinajstić information content (AvgIpc) is 3.71. The molecule has 4 atom stereocenters. The summed E-state index contributed by atoms with van der Waals surface area (Å²) in [7, 11) is 0. The van der Waals surface area contributed by atoms with Crippen molar-refractivity contribution >= 4 is 0 Å². The van der Waals surface area contributed by atoms with E-state index in [1.54, 1.807) is 32.1 Å². The van der Waals surface area contributed by atoms with Gasteiger partial charge in [0.15, 0.2) is 0 Å². The summed E-state index contributed by atoms with van der Waals surface area (Å²) in [6, 6.07) is 0.470. The fourth-order valence-electron chi connectivity index (χ4n) is 6.07. The summed E-state index contributed by atoms with van der Waals surface area (Å²) >= 11 is 0. The van der Waals surface area contributed by atoms with E-state index in [-0.39, 0.29) is 0 Å². The third-order valence-electron chi connectivity index (χ3n) is 8.61. The molecule has 0 radical (unpaired) electrons. The molecule has 190 valence electrons. The van der Waals surface area contributed by atoms with Crippen LogP contribution >= 0.6 is 0 Å². The van der Waals surface area contributed by atoms with Crippen LogP contribution in [0.3, 0.4) is 0 Å². The Hall–Kier alpha value is -0.0400. The van der Waals surface area contributed by atoms with Crippen LogP contribution in [0.15, 0.2) is 0 Å². The first kappa shape index (κ1) is 28.2. The third kappa shape index (κ3) is 15.0. The minimum Gasteiger partial charge on any atom is -0.328 e. The highest BCUT2D eigenvalue weighted by atomic mass is 14.6. The van der Waals surface area contributed by atoms with E-state index in [1.165, 1.54) is 122 Å². The maximum Gasteiger partial charge on any atom is 0.00388 e. The largest absolute Gasteiger partial charge is 0.328 e. The molecule has 0 saturated heterocycles. The van der Waals surface area contributed by atoms with Crippen molar-refractivity contribution in [2.75, 3.05) is 0 Å². The summed E-state index contributed by atoms with van der Waals surface area (Å²) < 4.78 is 0. The van der Waals surface area contributed by atoms with Crippen molar-refractivity contribution in [2.24, 2.45) is 29.4 Å². The molecule has 0 aromatic carbocycles. The van der Waals surface area contributed by atoms with Crippen LogP contribution in [0.4, 0.5) is 0 Å². The van der Waals surface area contributed by atoms with Crippen molar-refractivity contribution in [1.82, 2.24) is 0 Å². The van der Waals surface area contributed by atoms with E-state index in [0.717, 1.165) is 23.7 Å². The normalized spacial score (nSPS) is 22.2. The zero-order valence-electron chi connectivity index (χ0n) is 22.4. The van der Waals surface area contributed by atoms with Crippen LogP contribution in [0.25, 0.3) is 0 Å². The second-order valence-electron chi connectivity index (χ2n) is 12.0. The molecule has 0 amide bonds. The summed E-state index contributed by atoms with van der Waals surface area (Å²) in [5, 5.41) is 0. The van der Waals surface area contributed by atoms with E-state index in [1.807, 2.05) is 0 Å². The molecule has 1 heteroatoms. The van der Waals surface area contributed by atoms with E-state index >= 15 is 0 Å². The Labute approximate surface area is 203 Å². The van der Waals surface area contributed by atoms with Crippen molar-refractivity contribution in [3.05, 3.63) is 0 Å². The molecule has 2 fully saturated rings. The van der Waals surface area contributed by atoms with Crippen molar-refractivity contribution < 1.29 is 0 Å². The van der Waals surface area contributed by atoms with Crippen molar-refractivity contribution in [1.29, 1.82) is 0 Å². The summed E-state index contributed by atoms with van der Waals surface area (Å²) in [4.78, 5) is 0. The summed E-state index contributed by atoms with van der Waals surface area (Å²) in [5.74, 6) is 4.43. The summed E-state index contributed by atoms with van der Waals surface area (Å²) in [6.45, 7) is 4.63. The van der Waals surface area contributed by atoms with Crippen LogP contribution in [0.2, 0.25) is 0 Å². The predicted molar refractivity (Wildman–Crippen MR) is 144 cm³/mol. The maximum atomic E-state index is 6.37. The summed E-state index contributed by atoms with van der Waals surface area (Å²) in [5.41, 5.74) is 6.37. The molecule has 0 aromatic rings. The van der Waals surface area contributed by atoms with Gasteiger partial charge in [-0.2, -0.15) is 0 Å². The zero-order valence-corrected chi connectivity index (χ0v) is 22.4. The first-order valence-corrected chi connectivity index (χ1v) is 15.5. The quantitative estimate of drug-likeness (QED) is 0.146. The minimum atomic E-state index is 0.470. The minimum absolute atomic E-state index is 0.470. The predicted octanol–water partition coefficient (Wildman–Crippen LogP) is 10.2. The standard InChI is InChI=1S/C31H61N/c1-3-5-7-8-9-12-16-20-31(32)21-17-13-10-11-15-18-28(24-27-22-23-27)25-30-26-29(30)19-14-6-4-2/h27-31H,3-26,32H2,1-2H3/t28?,29-,30+,31?/m1/s1. The topological polar surface area (TPSA) is 26.0 Å².